The molecule has 0 amide bonds. The third kappa shape index (κ3) is 2.84. The molecule has 0 saturated heterocycles. The fourth-order valence-corrected chi connectivity index (χ4v) is 2.97. The third-order valence-electron chi connectivity index (χ3n) is 4.12. The Bertz CT molecular complexity index is 954. The van der Waals surface area contributed by atoms with Crippen molar-refractivity contribution in [2.75, 3.05) is 0 Å². The summed E-state index contributed by atoms with van der Waals surface area (Å²) in [6.45, 7) is 0.657. The van der Waals surface area contributed by atoms with E-state index in [1.807, 2.05) is 41.1 Å². The molecule has 0 saturated carbocycles. The van der Waals surface area contributed by atoms with Crippen LogP contribution in [0.15, 0.2) is 71.1 Å². The third-order valence-corrected chi connectivity index (χ3v) is 4.12. The second kappa shape index (κ2) is 6.34. The van der Waals surface area contributed by atoms with E-state index in [4.69, 9.17) is 14.6 Å². The quantitative estimate of drug-likeness (QED) is 0.609. The van der Waals surface area contributed by atoms with Gasteiger partial charge in [0.25, 0.3) is 0 Å². The van der Waals surface area contributed by atoms with Gasteiger partial charge in [0.05, 0.1) is 24.2 Å². The molecule has 24 heavy (non-hydrogen) atoms. The van der Waals surface area contributed by atoms with Crippen molar-refractivity contribution in [3.05, 3.63) is 89.5 Å². The first kappa shape index (κ1) is 14.7. The van der Waals surface area contributed by atoms with Gasteiger partial charge in [0.15, 0.2) is 0 Å². The number of aliphatic hydroxyl groups excluding tert-OH is 1. The largest absolute Gasteiger partial charge is 0.463 e. The maximum absolute atomic E-state index is 9.14. The van der Waals surface area contributed by atoms with Gasteiger partial charge >= 0.3 is 0 Å². The van der Waals surface area contributed by atoms with Crippen molar-refractivity contribution in [1.29, 1.82) is 0 Å². The Kier molecular flexibility index (Phi) is 3.89. The molecule has 0 atom stereocenters. The van der Waals surface area contributed by atoms with Gasteiger partial charge in [0.2, 0.25) is 0 Å². The number of rotatable bonds is 5. The summed E-state index contributed by atoms with van der Waals surface area (Å²) >= 11 is 0. The molecule has 0 spiro atoms. The lowest BCUT2D eigenvalue weighted by atomic mass is 10.1. The molecule has 1 N–H and O–H groups in total. The van der Waals surface area contributed by atoms with Crippen molar-refractivity contribution >= 4 is 10.9 Å². The van der Waals surface area contributed by atoms with E-state index in [0.29, 0.717) is 12.2 Å². The molecule has 2 aromatic heterocycles. The number of benzene rings is 2. The number of nitrogens with zero attached hydrogens (tertiary/aromatic N) is 2. The second-order valence-corrected chi connectivity index (χ2v) is 5.81. The first-order valence-electron chi connectivity index (χ1n) is 8.00. The minimum Gasteiger partial charge on any atom is -0.463 e. The molecule has 4 heteroatoms. The van der Waals surface area contributed by atoms with Crippen molar-refractivity contribution in [3.63, 3.8) is 0 Å². The van der Waals surface area contributed by atoms with Gasteiger partial charge in [-0.05, 0) is 23.8 Å². The zero-order chi connectivity index (χ0) is 16.4. The summed E-state index contributed by atoms with van der Waals surface area (Å²) in [5.41, 5.74) is 3.32. The Balaban J connectivity index is 1.70. The topological polar surface area (TPSA) is 51.2 Å². The van der Waals surface area contributed by atoms with Crippen LogP contribution in [0.2, 0.25) is 0 Å². The minimum absolute atomic E-state index is 0.0802. The highest BCUT2D eigenvalue weighted by molar-refractivity contribution is 5.82. The number of furan rings is 1. The smallest absolute Gasteiger partial charge is 0.129 e. The van der Waals surface area contributed by atoms with Gasteiger partial charge in [-0.25, -0.2) is 0 Å². The molecule has 0 aliphatic carbocycles. The number of hydrogen-bond donors (Lipinski definition) is 1. The van der Waals surface area contributed by atoms with Crippen LogP contribution < -0.4 is 0 Å². The molecule has 4 nitrogen and oxygen atoms in total. The molecule has 0 aliphatic heterocycles. The molecule has 0 aliphatic rings. The number of para-hydroxylation sites is 1. The van der Waals surface area contributed by atoms with Crippen LogP contribution in [0.5, 0.6) is 0 Å². The molecule has 0 bridgehead atoms. The molecular weight excluding hydrogens is 300 g/mol. The van der Waals surface area contributed by atoms with Gasteiger partial charge in [-0.3, -0.25) is 4.68 Å². The average molecular weight is 318 g/mol. The molecule has 120 valence electrons. The van der Waals surface area contributed by atoms with Crippen molar-refractivity contribution in [3.8, 4) is 0 Å². The van der Waals surface area contributed by atoms with Gasteiger partial charge in [-0.15, -0.1) is 0 Å². The number of aliphatic hydroxyl groups is 1. The van der Waals surface area contributed by atoms with Gasteiger partial charge in [0.1, 0.15) is 18.1 Å². The molecule has 0 fully saturated rings. The predicted octanol–water partition coefficient (Wildman–Crippen LogP) is 3.76. The predicted molar refractivity (Wildman–Crippen MR) is 92.7 cm³/mol. The Labute approximate surface area is 140 Å². The maximum Gasteiger partial charge on any atom is 0.129 e. The van der Waals surface area contributed by atoms with Gasteiger partial charge in [-0.1, -0.05) is 48.5 Å². The fraction of sp³-hybridized carbons (Fsp3) is 0.150. The SMILES string of the molecule is OCc1ccc(Cc2nn(Cc3ccccc3)c3ccccc23)o1. The first-order chi connectivity index (χ1) is 11.8. The van der Waals surface area contributed by atoms with Crippen LogP contribution in [0.3, 0.4) is 0 Å². The highest BCUT2D eigenvalue weighted by Crippen LogP contribution is 2.23. The lowest BCUT2D eigenvalue weighted by Gasteiger charge is -2.03. The molecule has 2 aromatic carbocycles. The highest BCUT2D eigenvalue weighted by Gasteiger charge is 2.13. The summed E-state index contributed by atoms with van der Waals surface area (Å²) in [4.78, 5) is 0. The molecular formula is C20H18N2O2. The van der Waals surface area contributed by atoms with Crippen molar-refractivity contribution in [2.24, 2.45) is 0 Å². The normalized spacial score (nSPS) is 11.2. The standard InChI is InChI=1S/C20H18N2O2/c23-14-17-11-10-16(24-17)12-19-18-8-4-5-9-20(18)22(21-19)13-15-6-2-1-3-7-15/h1-11,23H,12-14H2. The van der Waals surface area contributed by atoms with Crippen LogP contribution in [-0.2, 0) is 19.6 Å². The van der Waals surface area contributed by atoms with E-state index < -0.39 is 0 Å². The Hall–Kier alpha value is -2.85. The summed E-state index contributed by atoms with van der Waals surface area (Å²) in [6, 6.07) is 22.3. The second-order valence-electron chi connectivity index (χ2n) is 5.81. The van der Waals surface area contributed by atoms with E-state index >= 15 is 0 Å². The molecule has 4 aromatic rings. The van der Waals surface area contributed by atoms with E-state index in [2.05, 4.69) is 24.3 Å². The number of aromatic nitrogens is 2. The molecule has 4 rings (SSSR count). The lowest BCUT2D eigenvalue weighted by molar-refractivity contribution is 0.244. The summed E-state index contributed by atoms with van der Waals surface area (Å²) in [7, 11) is 0. The average Bonchev–Trinajstić information content (AvgIpc) is 3.22. The molecule has 0 radical (unpaired) electrons. The Morgan fingerprint density at radius 2 is 1.62 bits per heavy atom. The van der Waals surface area contributed by atoms with Gasteiger partial charge in [0, 0.05) is 5.39 Å². The summed E-state index contributed by atoms with van der Waals surface area (Å²) in [6.07, 6.45) is 0.613. The van der Waals surface area contributed by atoms with Crippen LogP contribution in [0, 0.1) is 0 Å². The summed E-state index contributed by atoms with van der Waals surface area (Å²) in [5, 5.41) is 15.1. The first-order valence-corrected chi connectivity index (χ1v) is 8.00. The van der Waals surface area contributed by atoms with Crippen LogP contribution >= 0.6 is 0 Å². The van der Waals surface area contributed by atoms with E-state index in [0.717, 1.165) is 28.9 Å². The molecule has 2 heterocycles. The van der Waals surface area contributed by atoms with E-state index in [1.165, 1.54) is 5.56 Å². The summed E-state index contributed by atoms with van der Waals surface area (Å²) in [5.74, 6) is 1.40. The van der Waals surface area contributed by atoms with Crippen LogP contribution in [0.25, 0.3) is 10.9 Å². The van der Waals surface area contributed by atoms with Crippen molar-refractivity contribution < 1.29 is 9.52 Å². The number of hydrogen-bond acceptors (Lipinski definition) is 3. The van der Waals surface area contributed by atoms with Crippen LogP contribution in [0.4, 0.5) is 0 Å². The van der Waals surface area contributed by atoms with Gasteiger partial charge < -0.3 is 9.52 Å². The minimum atomic E-state index is -0.0802. The van der Waals surface area contributed by atoms with E-state index in [-0.39, 0.29) is 6.61 Å². The maximum atomic E-state index is 9.14. The Morgan fingerprint density at radius 1 is 0.875 bits per heavy atom. The number of fused-ring (bicyclic) bond motifs is 1. The van der Waals surface area contributed by atoms with E-state index in [1.54, 1.807) is 6.07 Å². The van der Waals surface area contributed by atoms with Crippen molar-refractivity contribution in [2.45, 2.75) is 19.6 Å². The molecule has 0 unspecified atom stereocenters. The summed E-state index contributed by atoms with van der Waals surface area (Å²) < 4.78 is 7.65. The van der Waals surface area contributed by atoms with Crippen molar-refractivity contribution in [1.82, 2.24) is 9.78 Å². The van der Waals surface area contributed by atoms with Crippen LogP contribution in [0.1, 0.15) is 22.8 Å². The van der Waals surface area contributed by atoms with Gasteiger partial charge in [-0.2, -0.15) is 5.10 Å². The fourth-order valence-electron chi connectivity index (χ4n) is 2.97. The van der Waals surface area contributed by atoms with E-state index in [9.17, 15) is 0 Å². The lowest BCUT2D eigenvalue weighted by Crippen LogP contribution is -2.02. The van der Waals surface area contributed by atoms with Crippen LogP contribution in [-0.4, -0.2) is 14.9 Å². The monoisotopic (exact) mass is 318 g/mol. The zero-order valence-corrected chi connectivity index (χ0v) is 13.2. The highest BCUT2D eigenvalue weighted by atomic mass is 16.4. The zero-order valence-electron chi connectivity index (χ0n) is 13.2. The Morgan fingerprint density at radius 3 is 2.42 bits per heavy atom.